The van der Waals surface area contributed by atoms with Gasteiger partial charge in [0.25, 0.3) is 0 Å². The van der Waals surface area contributed by atoms with Gasteiger partial charge in [-0.25, -0.2) is 4.39 Å². The number of H-pyrrole nitrogens is 1. The van der Waals surface area contributed by atoms with E-state index in [4.69, 9.17) is 0 Å². The van der Waals surface area contributed by atoms with Gasteiger partial charge in [-0.3, -0.25) is 5.10 Å². The minimum atomic E-state index is -0.134. The molecule has 0 aliphatic carbocycles. The number of nitrogens with one attached hydrogen (secondary N) is 2. The lowest BCUT2D eigenvalue weighted by molar-refractivity contribution is 0.311. The van der Waals surface area contributed by atoms with Crippen LogP contribution in [0.4, 0.5) is 10.1 Å². The molecule has 24 heavy (non-hydrogen) atoms. The van der Waals surface area contributed by atoms with E-state index in [-0.39, 0.29) is 11.9 Å². The third-order valence-corrected chi connectivity index (χ3v) is 4.85. The summed E-state index contributed by atoms with van der Waals surface area (Å²) in [5.74, 6) is -0.134. The van der Waals surface area contributed by atoms with E-state index in [9.17, 15) is 4.39 Å². The molecule has 0 saturated carbocycles. The summed E-state index contributed by atoms with van der Waals surface area (Å²) in [5, 5.41) is 10.4. The molecule has 1 aromatic heterocycles. The van der Waals surface area contributed by atoms with Gasteiger partial charge in [0.05, 0.1) is 11.9 Å². The van der Waals surface area contributed by atoms with Crippen LogP contribution in [0.15, 0.2) is 24.4 Å². The second-order valence-corrected chi connectivity index (χ2v) is 6.62. The standard InChI is InChI=1S/C18H26FN5/c1-13(20-11-16-12-21-22-14(16)2)15-4-5-18(17(19)10-15)24-8-6-23(3)7-9-24/h4-5,10,12-13,20H,6-9,11H2,1-3H3,(H,21,22)/t13-/m1/s1. The fraction of sp³-hybridized carbons (Fsp3) is 0.500. The lowest BCUT2D eigenvalue weighted by atomic mass is 10.1. The third kappa shape index (κ3) is 3.76. The quantitative estimate of drug-likeness (QED) is 0.884. The number of anilines is 1. The number of aromatic amines is 1. The van der Waals surface area contributed by atoms with Gasteiger partial charge < -0.3 is 15.1 Å². The normalized spacial score (nSPS) is 17.2. The highest BCUT2D eigenvalue weighted by atomic mass is 19.1. The number of nitrogens with zero attached hydrogens (tertiary/aromatic N) is 3. The molecule has 1 aliphatic heterocycles. The van der Waals surface area contributed by atoms with Crippen LogP contribution in [0.1, 0.15) is 29.8 Å². The Morgan fingerprint density at radius 2 is 2.04 bits per heavy atom. The molecule has 0 radical (unpaired) electrons. The van der Waals surface area contributed by atoms with Gasteiger partial charge >= 0.3 is 0 Å². The average molecular weight is 331 g/mol. The Balaban J connectivity index is 1.64. The fourth-order valence-corrected chi connectivity index (χ4v) is 3.03. The molecule has 5 nitrogen and oxygen atoms in total. The molecule has 1 atom stereocenters. The highest BCUT2D eigenvalue weighted by Crippen LogP contribution is 2.24. The van der Waals surface area contributed by atoms with Gasteiger partial charge in [-0.2, -0.15) is 5.10 Å². The van der Waals surface area contributed by atoms with Crippen LogP contribution < -0.4 is 10.2 Å². The van der Waals surface area contributed by atoms with Crippen LogP contribution in [0.5, 0.6) is 0 Å². The Labute approximate surface area is 142 Å². The van der Waals surface area contributed by atoms with Gasteiger partial charge in [0, 0.05) is 50.0 Å². The largest absolute Gasteiger partial charge is 0.367 e. The summed E-state index contributed by atoms with van der Waals surface area (Å²) in [5.41, 5.74) is 3.87. The maximum absolute atomic E-state index is 14.6. The first-order valence-corrected chi connectivity index (χ1v) is 8.50. The number of benzene rings is 1. The van der Waals surface area contributed by atoms with Crippen molar-refractivity contribution in [3.05, 3.63) is 47.0 Å². The molecule has 0 amide bonds. The van der Waals surface area contributed by atoms with E-state index in [0.717, 1.165) is 43.0 Å². The summed E-state index contributed by atoms with van der Waals surface area (Å²) in [6, 6.07) is 5.68. The Kier molecular flexibility index (Phi) is 5.16. The maximum atomic E-state index is 14.6. The van der Waals surface area contributed by atoms with E-state index in [2.05, 4.69) is 39.3 Å². The Morgan fingerprint density at radius 1 is 1.29 bits per heavy atom. The third-order valence-electron chi connectivity index (χ3n) is 4.85. The van der Waals surface area contributed by atoms with Gasteiger partial charge in [-0.1, -0.05) is 6.07 Å². The van der Waals surface area contributed by atoms with Gasteiger partial charge in [0.15, 0.2) is 0 Å². The Morgan fingerprint density at radius 3 is 2.67 bits per heavy atom. The number of piperazine rings is 1. The average Bonchev–Trinajstić information content (AvgIpc) is 2.98. The molecule has 1 fully saturated rings. The van der Waals surface area contributed by atoms with Crippen LogP contribution in [-0.4, -0.2) is 48.3 Å². The van der Waals surface area contributed by atoms with Crippen LogP contribution in [-0.2, 0) is 6.54 Å². The molecule has 1 aliphatic rings. The Hall–Kier alpha value is -1.92. The number of hydrogen-bond acceptors (Lipinski definition) is 4. The van der Waals surface area contributed by atoms with Crippen LogP contribution in [0.25, 0.3) is 0 Å². The number of halogens is 1. The second-order valence-electron chi connectivity index (χ2n) is 6.62. The van der Waals surface area contributed by atoms with Crippen LogP contribution in [0.2, 0.25) is 0 Å². The molecule has 0 bridgehead atoms. The van der Waals surface area contributed by atoms with Crippen molar-refractivity contribution >= 4 is 5.69 Å². The first-order chi connectivity index (χ1) is 11.5. The van der Waals surface area contributed by atoms with Crippen LogP contribution in [0.3, 0.4) is 0 Å². The maximum Gasteiger partial charge on any atom is 0.146 e. The highest BCUT2D eigenvalue weighted by Gasteiger charge is 2.18. The summed E-state index contributed by atoms with van der Waals surface area (Å²) in [4.78, 5) is 4.40. The summed E-state index contributed by atoms with van der Waals surface area (Å²) in [6.45, 7) is 8.47. The van der Waals surface area contributed by atoms with Crippen molar-refractivity contribution < 1.29 is 4.39 Å². The zero-order valence-corrected chi connectivity index (χ0v) is 14.6. The topological polar surface area (TPSA) is 47.2 Å². The first-order valence-electron chi connectivity index (χ1n) is 8.50. The van der Waals surface area contributed by atoms with Crippen molar-refractivity contribution in [2.24, 2.45) is 0 Å². The van der Waals surface area contributed by atoms with Gasteiger partial charge in [0.2, 0.25) is 0 Å². The molecule has 130 valence electrons. The molecule has 2 aromatic rings. The van der Waals surface area contributed by atoms with Crippen molar-refractivity contribution in [1.82, 2.24) is 20.4 Å². The van der Waals surface area contributed by atoms with E-state index in [1.807, 2.05) is 25.3 Å². The summed E-state index contributed by atoms with van der Waals surface area (Å²) in [7, 11) is 2.10. The number of aryl methyl sites for hydroxylation is 1. The molecule has 0 spiro atoms. The molecule has 1 saturated heterocycles. The van der Waals surface area contributed by atoms with Crippen LogP contribution in [0, 0.1) is 12.7 Å². The number of rotatable bonds is 5. The van der Waals surface area contributed by atoms with Crippen molar-refractivity contribution in [3.63, 3.8) is 0 Å². The number of hydrogen-bond donors (Lipinski definition) is 2. The van der Waals surface area contributed by atoms with Crippen molar-refractivity contribution in [3.8, 4) is 0 Å². The second kappa shape index (κ2) is 7.32. The zero-order valence-electron chi connectivity index (χ0n) is 14.6. The van der Waals surface area contributed by atoms with Gasteiger partial charge in [-0.05, 0) is 38.6 Å². The molecule has 0 unspecified atom stereocenters. The number of likely N-dealkylation sites (N-methyl/N-ethyl adjacent to an activating group) is 1. The highest BCUT2D eigenvalue weighted by molar-refractivity contribution is 5.50. The van der Waals surface area contributed by atoms with E-state index < -0.39 is 0 Å². The predicted octanol–water partition coefficient (Wildman–Crippen LogP) is 2.46. The first kappa shape index (κ1) is 16.9. The smallest absolute Gasteiger partial charge is 0.146 e. The molecular formula is C18H26FN5. The van der Waals surface area contributed by atoms with E-state index >= 15 is 0 Å². The molecule has 1 aromatic carbocycles. The summed E-state index contributed by atoms with van der Waals surface area (Å²) < 4.78 is 14.6. The fourth-order valence-electron chi connectivity index (χ4n) is 3.03. The molecule has 3 rings (SSSR count). The summed E-state index contributed by atoms with van der Waals surface area (Å²) in [6.07, 6.45) is 1.83. The molecule has 2 N–H and O–H groups in total. The molecule has 2 heterocycles. The van der Waals surface area contributed by atoms with Crippen molar-refractivity contribution in [1.29, 1.82) is 0 Å². The minimum absolute atomic E-state index is 0.0790. The lowest BCUT2D eigenvalue weighted by Crippen LogP contribution is -2.44. The molecular weight excluding hydrogens is 305 g/mol. The van der Waals surface area contributed by atoms with Gasteiger partial charge in [0.1, 0.15) is 5.82 Å². The van der Waals surface area contributed by atoms with Crippen LogP contribution >= 0.6 is 0 Å². The van der Waals surface area contributed by atoms with E-state index in [0.29, 0.717) is 12.2 Å². The van der Waals surface area contributed by atoms with Crippen molar-refractivity contribution in [2.75, 3.05) is 38.1 Å². The predicted molar refractivity (Wildman–Crippen MR) is 94.7 cm³/mol. The van der Waals surface area contributed by atoms with E-state index in [1.165, 1.54) is 0 Å². The lowest BCUT2D eigenvalue weighted by Gasteiger charge is -2.34. The minimum Gasteiger partial charge on any atom is -0.367 e. The van der Waals surface area contributed by atoms with E-state index in [1.54, 1.807) is 6.07 Å². The van der Waals surface area contributed by atoms with Crippen molar-refractivity contribution in [2.45, 2.75) is 26.4 Å². The Bertz CT molecular complexity index is 676. The van der Waals surface area contributed by atoms with Gasteiger partial charge in [-0.15, -0.1) is 0 Å². The SMILES string of the molecule is Cc1[nH]ncc1CN[C@H](C)c1ccc(N2CCN(C)CC2)c(F)c1. The number of aromatic nitrogens is 2. The summed E-state index contributed by atoms with van der Waals surface area (Å²) >= 11 is 0. The monoisotopic (exact) mass is 331 g/mol. The zero-order chi connectivity index (χ0) is 17.1. The molecule has 6 heteroatoms.